The molecule has 0 bridgehead atoms. The second-order valence-corrected chi connectivity index (χ2v) is 6.47. The van der Waals surface area contributed by atoms with Crippen LogP contribution in [0, 0.1) is 6.92 Å². The Bertz CT molecular complexity index is 1000. The molecule has 1 aromatic carbocycles. The lowest BCUT2D eigenvalue weighted by molar-refractivity contribution is -0.149. The molecule has 2 N–H and O–H groups in total. The van der Waals surface area contributed by atoms with Gasteiger partial charge in [0.2, 0.25) is 0 Å². The fraction of sp³-hybridized carbons (Fsp3) is 0.389. The molecule has 0 fully saturated rings. The normalized spacial score (nSPS) is 13.1. The third kappa shape index (κ3) is 3.41. The number of H-pyrrole nitrogens is 1. The molecular formula is C18H20F3N5O. The summed E-state index contributed by atoms with van der Waals surface area (Å²) < 4.78 is 40.2. The van der Waals surface area contributed by atoms with Crippen molar-refractivity contribution in [1.29, 1.82) is 0 Å². The topological polar surface area (TPSA) is 75.6 Å². The number of nitrogens with zero attached hydrogens (tertiary/aromatic N) is 3. The van der Waals surface area contributed by atoms with E-state index in [1.807, 2.05) is 36.8 Å². The molecule has 27 heavy (non-hydrogen) atoms. The lowest BCUT2D eigenvalue weighted by atomic mass is 10.0. The Morgan fingerprint density at radius 3 is 2.63 bits per heavy atom. The molecule has 0 unspecified atom stereocenters. The number of aromatic nitrogens is 4. The fourth-order valence-electron chi connectivity index (χ4n) is 2.90. The fourth-order valence-corrected chi connectivity index (χ4v) is 2.90. The second kappa shape index (κ2) is 6.71. The van der Waals surface area contributed by atoms with Crippen LogP contribution in [0.1, 0.15) is 35.7 Å². The van der Waals surface area contributed by atoms with Crippen LogP contribution in [0.3, 0.4) is 0 Å². The van der Waals surface area contributed by atoms with Gasteiger partial charge in [0.05, 0.1) is 17.4 Å². The second-order valence-electron chi connectivity index (χ2n) is 6.47. The van der Waals surface area contributed by atoms with Crippen LogP contribution in [0.15, 0.2) is 18.3 Å². The van der Waals surface area contributed by atoms with Crippen molar-refractivity contribution in [2.75, 3.05) is 0 Å². The molecule has 0 aliphatic heterocycles. The van der Waals surface area contributed by atoms with E-state index < -0.39 is 18.1 Å². The van der Waals surface area contributed by atoms with Gasteiger partial charge < -0.3 is 9.88 Å². The van der Waals surface area contributed by atoms with Crippen LogP contribution in [0.4, 0.5) is 13.2 Å². The van der Waals surface area contributed by atoms with Gasteiger partial charge in [-0.2, -0.15) is 18.3 Å². The Hall–Kier alpha value is -2.84. The Balaban J connectivity index is 2.09. The molecule has 1 amide bonds. The summed E-state index contributed by atoms with van der Waals surface area (Å²) in [4.78, 5) is 16.7. The van der Waals surface area contributed by atoms with Gasteiger partial charge in [-0.15, -0.1) is 0 Å². The minimum Gasteiger partial charge on any atom is -0.339 e. The Kier molecular flexibility index (Phi) is 4.71. The highest BCUT2D eigenvalue weighted by molar-refractivity contribution is 6.06. The molecule has 0 aliphatic carbocycles. The van der Waals surface area contributed by atoms with Gasteiger partial charge in [0.25, 0.3) is 5.91 Å². The van der Waals surface area contributed by atoms with Crippen molar-refractivity contribution < 1.29 is 18.0 Å². The highest BCUT2D eigenvalue weighted by Crippen LogP contribution is 2.29. The van der Waals surface area contributed by atoms with Crippen molar-refractivity contribution in [3.8, 4) is 11.3 Å². The van der Waals surface area contributed by atoms with Gasteiger partial charge in [-0.3, -0.25) is 9.89 Å². The smallest absolute Gasteiger partial charge is 0.339 e. The van der Waals surface area contributed by atoms with Crippen molar-refractivity contribution in [2.24, 2.45) is 7.05 Å². The summed E-state index contributed by atoms with van der Waals surface area (Å²) in [6, 6.07) is 1.75. The van der Waals surface area contributed by atoms with Gasteiger partial charge in [-0.05, 0) is 38.0 Å². The van der Waals surface area contributed by atoms with E-state index in [-0.39, 0.29) is 5.69 Å². The monoisotopic (exact) mass is 379 g/mol. The highest BCUT2D eigenvalue weighted by atomic mass is 19.4. The molecule has 0 saturated carbocycles. The number of aryl methyl sites for hydroxylation is 2. The summed E-state index contributed by atoms with van der Waals surface area (Å²) in [7, 11) is 1.88. The Labute approximate surface area is 153 Å². The summed E-state index contributed by atoms with van der Waals surface area (Å²) in [5.74, 6) is -0.0185. The number of imidazole rings is 1. The van der Waals surface area contributed by atoms with Gasteiger partial charge in [0.15, 0.2) is 0 Å². The van der Waals surface area contributed by atoms with Crippen LogP contribution in [0.25, 0.3) is 22.2 Å². The molecule has 144 valence electrons. The first-order valence-electron chi connectivity index (χ1n) is 8.50. The number of carbonyl (C=O) groups is 1. The van der Waals surface area contributed by atoms with E-state index >= 15 is 0 Å². The number of aromatic amines is 1. The number of hydrogen-bond donors (Lipinski definition) is 2. The summed E-state index contributed by atoms with van der Waals surface area (Å²) in [5.41, 5.74) is 3.14. The standard InChI is InChI=1S/C18H20F3N5O/c1-5-11-6-12(14-8-22-10(3)26(14)4)7-13-15(11)24-25-16(13)17(27)23-9(2)18(19,20)21/h6-9H,5H2,1-4H3,(H,23,27)(H,24,25)/t9-/m0/s1. The molecule has 0 spiro atoms. The van der Waals surface area contributed by atoms with Crippen LogP contribution in [-0.2, 0) is 13.5 Å². The average molecular weight is 379 g/mol. The van der Waals surface area contributed by atoms with Crippen LogP contribution >= 0.6 is 0 Å². The largest absolute Gasteiger partial charge is 0.408 e. The van der Waals surface area contributed by atoms with E-state index in [4.69, 9.17) is 0 Å². The highest BCUT2D eigenvalue weighted by Gasteiger charge is 2.37. The minimum atomic E-state index is -4.52. The van der Waals surface area contributed by atoms with Gasteiger partial charge in [0, 0.05) is 18.0 Å². The molecule has 2 heterocycles. The third-order valence-corrected chi connectivity index (χ3v) is 4.70. The number of carbonyl (C=O) groups excluding carboxylic acids is 1. The lowest BCUT2D eigenvalue weighted by Gasteiger charge is -2.16. The maximum Gasteiger partial charge on any atom is 0.408 e. The molecule has 1 atom stereocenters. The molecule has 6 nitrogen and oxygen atoms in total. The zero-order valence-corrected chi connectivity index (χ0v) is 15.4. The predicted octanol–water partition coefficient (Wildman–Crippen LogP) is 3.51. The molecule has 0 aliphatic rings. The van der Waals surface area contributed by atoms with Crippen LogP contribution in [0.2, 0.25) is 0 Å². The summed E-state index contributed by atoms with van der Waals surface area (Å²) in [6.45, 7) is 4.73. The van der Waals surface area contributed by atoms with E-state index in [9.17, 15) is 18.0 Å². The number of hydrogen-bond acceptors (Lipinski definition) is 3. The van der Waals surface area contributed by atoms with Gasteiger partial charge in [0.1, 0.15) is 17.6 Å². The lowest BCUT2D eigenvalue weighted by Crippen LogP contribution is -2.43. The predicted molar refractivity (Wildman–Crippen MR) is 95.4 cm³/mol. The summed E-state index contributed by atoms with van der Waals surface area (Å²) in [5, 5.41) is 9.20. The van der Waals surface area contributed by atoms with Crippen molar-refractivity contribution in [3.05, 3.63) is 35.4 Å². The van der Waals surface area contributed by atoms with Crippen molar-refractivity contribution in [2.45, 2.75) is 39.4 Å². The quantitative estimate of drug-likeness (QED) is 0.728. The maximum atomic E-state index is 12.8. The van der Waals surface area contributed by atoms with Gasteiger partial charge in [-0.1, -0.05) is 6.92 Å². The SMILES string of the molecule is CCc1cc(-c2cnc(C)n2C)cc2c(C(=O)N[C@@H](C)C(F)(F)F)[nH]nc12. The van der Waals surface area contributed by atoms with E-state index in [1.54, 1.807) is 12.3 Å². The zero-order valence-electron chi connectivity index (χ0n) is 15.4. The summed E-state index contributed by atoms with van der Waals surface area (Å²) in [6.07, 6.45) is -2.13. The molecular weight excluding hydrogens is 359 g/mol. The number of amides is 1. The number of rotatable bonds is 4. The molecule has 3 aromatic rings. The number of nitrogens with one attached hydrogen (secondary N) is 2. The van der Waals surface area contributed by atoms with Crippen molar-refractivity contribution >= 4 is 16.8 Å². The van der Waals surface area contributed by atoms with E-state index in [1.165, 1.54) is 0 Å². The minimum absolute atomic E-state index is 0.0107. The number of fused-ring (bicyclic) bond motifs is 1. The first-order valence-corrected chi connectivity index (χ1v) is 8.50. The van der Waals surface area contributed by atoms with Crippen molar-refractivity contribution in [3.63, 3.8) is 0 Å². The third-order valence-electron chi connectivity index (χ3n) is 4.70. The van der Waals surface area contributed by atoms with Crippen LogP contribution in [-0.4, -0.2) is 37.9 Å². The number of halogens is 3. The molecule has 3 rings (SSSR count). The van der Waals surface area contributed by atoms with Gasteiger partial charge in [-0.25, -0.2) is 4.98 Å². The number of alkyl halides is 3. The number of benzene rings is 1. The molecule has 0 saturated heterocycles. The zero-order chi connectivity index (χ0) is 19.9. The first kappa shape index (κ1) is 18.9. The average Bonchev–Trinajstić information content (AvgIpc) is 3.17. The van der Waals surface area contributed by atoms with Crippen molar-refractivity contribution in [1.82, 2.24) is 25.1 Å². The first-order chi connectivity index (χ1) is 12.6. The van der Waals surface area contributed by atoms with Crippen LogP contribution in [0.5, 0.6) is 0 Å². The Morgan fingerprint density at radius 2 is 2.07 bits per heavy atom. The van der Waals surface area contributed by atoms with Gasteiger partial charge >= 0.3 is 6.18 Å². The Morgan fingerprint density at radius 1 is 1.37 bits per heavy atom. The molecule has 0 radical (unpaired) electrons. The van der Waals surface area contributed by atoms with E-state index in [2.05, 4.69) is 15.2 Å². The van der Waals surface area contributed by atoms with E-state index in [0.717, 1.165) is 29.6 Å². The van der Waals surface area contributed by atoms with E-state index in [0.29, 0.717) is 17.3 Å². The maximum absolute atomic E-state index is 12.8. The molecule has 2 aromatic heterocycles. The molecule has 9 heteroatoms. The summed E-state index contributed by atoms with van der Waals surface area (Å²) >= 11 is 0. The van der Waals surface area contributed by atoms with Crippen LogP contribution < -0.4 is 5.32 Å².